The van der Waals surface area contributed by atoms with Gasteiger partial charge in [0.05, 0.1) is 13.0 Å². The molecule has 0 spiro atoms. The van der Waals surface area contributed by atoms with Crippen molar-refractivity contribution in [2.75, 3.05) is 13.2 Å². The maximum atomic E-state index is 11.9. The summed E-state index contributed by atoms with van der Waals surface area (Å²) >= 11 is 6.13. The number of carbonyl (C=O) groups excluding carboxylic acids is 1. The van der Waals surface area contributed by atoms with E-state index in [1.165, 1.54) is 0 Å². The van der Waals surface area contributed by atoms with Crippen molar-refractivity contribution in [3.8, 4) is 5.75 Å². The van der Waals surface area contributed by atoms with Gasteiger partial charge in [-0.1, -0.05) is 35.9 Å². The third-order valence-electron chi connectivity index (χ3n) is 3.72. The van der Waals surface area contributed by atoms with Crippen LogP contribution < -0.4 is 10.1 Å². The highest BCUT2D eigenvalue weighted by atomic mass is 35.5. The van der Waals surface area contributed by atoms with Crippen LogP contribution in [0, 0.1) is 20.8 Å². The zero-order valence-electron chi connectivity index (χ0n) is 13.8. The van der Waals surface area contributed by atoms with Gasteiger partial charge in [-0.15, -0.1) is 0 Å². The Hall–Kier alpha value is -2.00. The summed E-state index contributed by atoms with van der Waals surface area (Å²) in [6, 6.07) is 11.7. The third-order valence-corrected chi connectivity index (χ3v) is 4.31. The van der Waals surface area contributed by atoms with Crippen LogP contribution in [0.1, 0.15) is 22.3 Å². The number of amides is 1. The molecule has 0 fully saturated rings. The zero-order chi connectivity index (χ0) is 16.8. The van der Waals surface area contributed by atoms with Gasteiger partial charge in [-0.05, 0) is 55.2 Å². The fraction of sp³-hybridized carbons (Fsp3) is 0.316. The number of aryl methyl sites for hydroxylation is 3. The second kappa shape index (κ2) is 8.02. The Labute approximate surface area is 142 Å². The summed E-state index contributed by atoms with van der Waals surface area (Å²) < 4.78 is 5.67. The lowest BCUT2D eigenvalue weighted by Gasteiger charge is -2.11. The molecule has 0 bridgehead atoms. The predicted octanol–water partition coefficient (Wildman–Crippen LogP) is 4.00. The minimum absolute atomic E-state index is 0.00590. The summed E-state index contributed by atoms with van der Waals surface area (Å²) in [4.78, 5) is 11.9. The van der Waals surface area contributed by atoms with Crippen LogP contribution in [0.15, 0.2) is 36.4 Å². The molecule has 0 saturated carbocycles. The molecule has 4 heteroatoms. The number of hydrogen-bond acceptors (Lipinski definition) is 2. The molecule has 0 aliphatic heterocycles. The van der Waals surface area contributed by atoms with Crippen molar-refractivity contribution in [3.05, 3.63) is 63.7 Å². The molecule has 0 saturated heterocycles. The van der Waals surface area contributed by atoms with E-state index in [9.17, 15) is 4.79 Å². The molecule has 0 aliphatic carbocycles. The maximum Gasteiger partial charge on any atom is 0.224 e. The minimum atomic E-state index is 0.00590. The summed E-state index contributed by atoms with van der Waals surface area (Å²) in [7, 11) is 0. The highest BCUT2D eigenvalue weighted by Crippen LogP contribution is 2.25. The molecule has 0 atom stereocenters. The Morgan fingerprint density at radius 2 is 1.74 bits per heavy atom. The molecule has 1 N–H and O–H groups in total. The van der Waals surface area contributed by atoms with Gasteiger partial charge >= 0.3 is 0 Å². The zero-order valence-corrected chi connectivity index (χ0v) is 14.5. The molecular formula is C19H22ClNO2. The summed E-state index contributed by atoms with van der Waals surface area (Å²) in [6.45, 7) is 6.82. The molecular weight excluding hydrogens is 310 g/mol. The second-order valence-corrected chi connectivity index (χ2v) is 6.05. The second-order valence-electron chi connectivity index (χ2n) is 5.67. The molecule has 0 aromatic heterocycles. The molecule has 1 amide bonds. The first-order valence-corrected chi connectivity index (χ1v) is 8.06. The van der Waals surface area contributed by atoms with Gasteiger partial charge in [0.1, 0.15) is 12.4 Å². The Kier molecular flexibility index (Phi) is 6.05. The number of carbonyl (C=O) groups is 1. The van der Waals surface area contributed by atoms with Crippen LogP contribution >= 0.6 is 11.6 Å². The van der Waals surface area contributed by atoms with E-state index in [0.29, 0.717) is 19.6 Å². The molecule has 0 aliphatic rings. The van der Waals surface area contributed by atoms with Crippen molar-refractivity contribution in [1.82, 2.24) is 5.32 Å². The van der Waals surface area contributed by atoms with Gasteiger partial charge in [-0.3, -0.25) is 4.79 Å². The normalized spacial score (nSPS) is 10.4. The quantitative estimate of drug-likeness (QED) is 0.812. The SMILES string of the molecule is Cc1ccccc1CC(=O)NCCOc1cc(C)c(Cl)c(C)c1. The lowest BCUT2D eigenvalue weighted by molar-refractivity contribution is -0.120. The largest absolute Gasteiger partial charge is 0.492 e. The van der Waals surface area contributed by atoms with Crippen molar-refractivity contribution < 1.29 is 9.53 Å². The Morgan fingerprint density at radius 1 is 1.09 bits per heavy atom. The van der Waals surface area contributed by atoms with Crippen molar-refractivity contribution in [3.63, 3.8) is 0 Å². The predicted molar refractivity (Wildman–Crippen MR) is 94.3 cm³/mol. The topological polar surface area (TPSA) is 38.3 Å². The van der Waals surface area contributed by atoms with Gasteiger partial charge in [-0.25, -0.2) is 0 Å². The van der Waals surface area contributed by atoms with Crippen LogP contribution in [0.5, 0.6) is 5.75 Å². The summed E-state index contributed by atoms with van der Waals surface area (Å²) in [5.41, 5.74) is 4.16. The molecule has 122 valence electrons. The Bertz CT molecular complexity index is 675. The number of ether oxygens (including phenoxy) is 1. The summed E-state index contributed by atoms with van der Waals surface area (Å²) in [5, 5.41) is 3.65. The monoisotopic (exact) mass is 331 g/mol. The average molecular weight is 332 g/mol. The van der Waals surface area contributed by atoms with Gasteiger partial charge in [-0.2, -0.15) is 0 Å². The van der Waals surface area contributed by atoms with E-state index in [1.807, 2.05) is 57.2 Å². The van der Waals surface area contributed by atoms with Crippen LogP contribution in [-0.2, 0) is 11.2 Å². The van der Waals surface area contributed by atoms with Crippen molar-refractivity contribution in [2.45, 2.75) is 27.2 Å². The molecule has 0 radical (unpaired) electrons. The van der Waals surface area contributed by atoms with E-state index >= 15 is 0 Å². The van der Waals surface area contributed by atoms with Crippen LogP contribution in [0.4, 0.5) is 0 Å². The number of benzene rings is 2. The Morgan fingerprint density at radius 3 is 2.39 bits per heavy atom. The van der Waals surface area contributed by atoms with Gasteiger partial charge in [0.15, 0.2) is 0 Å². The first-order valence-electron chi connectivity index (χ1n) is 7.68. The molecule has 3 nitrogen and oxygen atoms in total. The first-order chi connectivity index (χ1) is 11.0. The molecule has 0 heterocycles. The third kappa shape index (κ3) is 5.00. The van der Waals surface area contributed by atoms with Gasteiger partial charge in [0.2, 0.25) is 5.91 Å². The van der Waals surface area contributed by atoms with E-state index in [1.54, 1.807) is 0 Å². The van der Waals surface area contributed by atoms with Crippen LogP contribution in [0.2, 0.25) is 5.02 Å². The smallest absolute Gasteiger partial charge is 0.224 e. The lowest BCUT2D eigenvalue weighted by atomic mass is 10.1. The van der Waals surface area contributed by atoms with E-state index in [-0.39, 0.29) is 5.91 Å². The first kappa shape index (κ1) is 17.4. The summed E-state index contributed by atoms with van der Waals surface area (Å²) in [5.74, 6) is 0.781. The number of nitrogens with one attached hydrogen (secondary N) is 1. The molecule has 2 aromatic carbocycles. The molecule has 2 aromatic rings. The fourth-order valence-electron chi connectivity index (χ4n) is 2.39. The van der Waals surface area contributed by atoms with Crippen molar-refractivity contribution in [1.29, 1.82) is 0 Å². The molecule has 2 rings (SSSR count). The number of hydrogen-bond donors (Lipinski definition) is 1. The highest BCUT2D eigenvalue weighted by Gasteiger charge is 2.06. The van der Waals surface area contributed by atoms with Crippen LogP contribution in [-0.4, -0.2) is 19.1 Å². The lowest BCUT2D eigenvalue weighted by Crippen LogP contribution is -2.29. The summed E-state index contributed by atoms with van der Waals surface area (Å²) in [6.07, 6.45) is 0.395. The van der Waals surface area contributed by atoms with E-state index < -0.39 is 0 Å². The minimum Gasteiger partial charge on any atom is -0.492 e. The van der Waals surface area contributed by atoms with E-state index in [0.717, 1.165) is 33.0 Å². The molecule has 23 heavy (non-hydrogen) atoms. The van der Waals surface area contributed by atoms with Crippen LogP contribution in [0.3, 0.4) is 0 Å². The number of halogens is 1. The van der Waals surface area contributed by atoms with E-state index in [4.69, 9.17) is 16.3 Å². The average Bonchev–Trinajstić information content (AvgIpc) is 2.51. The molecule has 0 unspecified atom stereocenters. The van der Waals surface area contributed by atoms with Crippen molar-refractivity contribution >= 4 is 17.5 Å². The van der Waals surface area contributed by atoms with Gasteiger partial charge in [0.25, 0.3) is 0 Å². The van der Waals surface area contributed by atoms with E-state index in [2.05, 4.69) is 5.32 Å². The van der Waals surface area contributed by atoms with Gasteiger partial charge < -0.3 is 10.1 Å². The Balaban J connectivity index is 1.77. The van der Waals surface area contributed by atoms with Crippen LogP contribution in [0.25, 0.3) is 0 Å². The maximum absolute atomic E-state index is 11.9. The standard InChI is InChI=1S/C19H22ClNO2/c1-13-6-4-5-7-16(13)12-18(22)21-8-9-23-17-10-14(2)19(20)15(3)11-17/h4-7,10-11H,8-9,12H2,1-3H3,(H,21,22). The van der Waals surface area contributed by atoms with Crippen molar-refractivity contribution in [2.24, 2.45) is 0 Å². The van der Waals surface area contributed by atoms with Gasteiger partial charge in [0, 0.05) is 5.02 Å². The highest BCUT2D eigenvalue weighted by molar-refractivity contribution is 6.32. The number of rotatable bonds is 6. The fourth-order valence-corrected chi connectivity index (χ4v) is 2.50.